The Morgan fingerprint density at radius 1 is 0.979 bits per heavy atom. The Morgan fingerprint density at radius 3 is 2.17 bits per heavy atom. The number of hydrogen-bond donors (Lipinski definition) is 9. The molecule has 0 saturated carbocycles. The summed E-state index contributed by atoms with van der Waals surface area (Å²) >= 11 is 0. The van der Waals surface area contributed by atoms with Crippen molar-refractivity contribution in [3.63, 3.8) is 0 Å². The molecule has 30 heteroatoms. The number of phosphoric ester groups is 2. The molecule has 1 aromatic rings. The molecule has 0 aliphatic carbocycles. The molecule has 2 saturated heterocycles. The maximum absolute atomic E-state index is 12.7. The molecule has 3 heterocycles. The second-order valence-corrected chi connectivity index (χ2v) is 14.6. The van der Waals surface area contributed by atoms with Gasteiger partial charge in [-0.25, -0.2) is 22.3 Å². The van der Waals surface area contributed by atoms with Crippen molar-refractivity contribution in [2.75, 3.05) is 13.2 Å². The predicted molar refractivity (Wildman–Crippen MR) is 141 cm³/mol. The fourth-order valence-electron chi connectivity index (χ4n) is 4.14. The largest absolute Gasteiger partial charge is 0.483 e. The van der Waals surface area contributed by atoms with Gasteiger partial charge in [-0.15, -0.1) is 0 Å². The number of carbonyl (C=O) groups excluding carboxylic acids is 1. The topological polar surface area (TPSA) is 393 Å². The molecule has 1 amide bonds. The molecule has 11 atom stereocenters. The first-order chi connectivity index (χ1) is 21.4. The smallest absolute Gasteiger partial charge is 0.388 e. The third-order valence-electron chi connectivity index (χ3n) is 5.96. The van der Waals surface area contributed by atoms with Crippen molar-refractivity contribution in [3.8, 4) is 0 Å². The van der Waals surface area contributed by atoms with Gasteiger partial charge in [-0.3, -0.25) is 37.3 Å². The Kier molecular flexibility index (Phi) is 12.4. The third kappa shape index (κ3) is 11.2. The first-order valence-corrected chi connectivity index (χ1v) is 18.0. The SMILES string of the molecule is CC(=O)N[C@H]1[C@@H](OP(=O)(O)OP(=O)(O)OC[C@H]2O[C@@H](n3ccc(=O)[nH]c3=O)[C@H](O)[C@@H]2O)O[C@H](COS(=O)(=O)O)[C@H](OS(=O)(=O)O)[C@@H]1O. The first-order valence-electron chi connectivity index (χ1n) is 12.3. The third-order valence-corrected chi connectivity index (χ3v) is 9.46. The number of aliphatic hydroxyl groups excluding tert-OH is 3. The molecule has 2 aliphatic heterocycles. The van der Waals surface area contributed by atoms with Crippen molar-refractivity contribution in [3.05, 3.63) is 33.1 Å². The standard InChI is InChI=1S/C17H27N3O23P2S2/c1-6(21)18-10-12(24)14(42-47(34,35)36)8(5-38-46(31,32)33)40-16(10)41-45(29,30)43-44(27,28)37-4-7-11(23)13(25)15(39-7)20-3-2-9(22)19-17(20)26/h2-3,7-8,10-16,23-25H,4-5H2,1H3,(H,18,21)(H,27,28)(H,29,30)(H,19,22,26)(H,31,32,33)(H,34,35,36)/t7-,8-,10-,11-,12-,13-,14+,15-,16-/m1/s1. The van der Waals surface area contributed by atoms with E-state index in [-0.39, 0.29) is 0 Å². The Labute approximate surface area is 261 Å². The molecule has 2 aliphatic rings. The minimum absolute atomic E-state index is 0.657. The van der Waals surface area contributed by atoms with Crippen LogP contribution in [-0.4, -0.2) is 129 Å². The minimum Gasteiger partial charge on any atom is -0.388 e. The molecule has 2 unspecified atom stereocenters. The van der Waals surface area contributed by atoms with Crippen LogP contribution in [0.4, 0.5) is 0 Å². The number of H-pyrrole nitrogens is 1. The summed E-state index contributed by atoms with van der Waals surface area (Å²) in [5.74, 6) is -1.05. The molecule has 26 nitrogen and oxygen atoms in total. The second-order valence-electron chi connectivity index (χ2n) is 9.44. The van der Waals surface area contributed by atoms with Crippen molar-refractivity contribution >= 4 is 42.4 Å². The zero-order valence-corrected chi connectivity index (χ0v) is 26.5. The summed E-state index contributed by atoms with van der Waals surface area (Å²) in [6.45, 7) is -1.78. The highest BCUT2D eigenvalue weighted by Gasteiger charge is 2.52. The molecule has 0 aromatic carbocycles. The number of nitrogens with zero attached hydrogens (tertiary/aromatic N) is 1. The van der Waals surface area contributed by atoms with Crippen molar-refractivity contribution in [2.24, 2.45) is 0 Å². The van der Waals surface area contributed by atoms with Crippen molar-refractivity contribution in [1.82, 2.24) is 14.9 Å². The van der Waals surface area contributed by atoms with Crippen molar-refractivity contribution in [2.45, 2.75) is 62.1 Å². The highest BCUT2D eigenvalue weighted by molar-refractivity contribution is 7.81. The second kappa shape index (κ2) is 14.8. The van der Waals surface area contributed by atoms with Crippen LogP contribution < -0.4 is 16.6 Å². The summed E-state index contributed by atoms with van der Waals surface area (Å²) < 4.78 is 120. The molecule has 0 bridgehead atoms. The van der Waals surface area contributed by atoms with Crippen LogP contribution in [0.5, 0.6) is 0 Å². The van der Waals surface area contributed by atoms with Gasteiger partial charge in [-0.1, -0.05) is 0 Å². The van der Waals surface area contributed by atoms with E-state index in [1.807, 2.05) is 10.3 Å². The summed E-state index contributed by atoms with van der Waals surface area (Å²) in [6, 6.07) is -1.26. The predicted octanol–water partition coefficient (Wildman–Crippen LogP) is -5.00. The van der Waals surface area contributed by atoms with Crippen LogP contribution in [0, 0.1) is 0 Å². The van der Waals surface area contributed by atoms with E-state index < -0.39 is 122 Å². The van der Waals surface area contributed by atoms with E-state index in [1.165, 1.54) is 0 Å². The maximum atomic E-state index is 12.7. The molecular weight excluding hydrogens is 740 g/mol. The summed E-state index contributed by atoms with van der Waals surface area (Å²) in [5, 5.41) is 33.0. The quantitative estimate of drug-likeness (QED) is 0.0632. The fraction of sp³-hybridized carbons (Fsp3) is 0.706. The van der Waals surface area contributed by atoms with E-state index in [0.717, 1.165) is 19.2 Å². The molecule has 0 spiro atoms. The normalized spacial score (nSPS) is 32.7. The van der Waals surface area contributed by atoms with E-state index in [0.29, 0.717) is 4.57 Å². The van der Waals surface area contributed by atoms with Gasteiger partial charge in [-0.2, -0.15) is 21.1 Å². The van der Waals surface area contributed by atoms with Gasteiger partial charge in [0.25, 0.3) is 5.56 Å². The van der Waals surface area contributed by atoms with Crippen LogP contribution in [0.3, 0.4) is 0 Å². The molecule has 9 N–H and O–H groups in total. The minimum atomic E-state index is -5.96. The van der Waals surface area contributed by atoms with E-state index in [9.17, 15) is 65.5 Å². The number of nitrogens with one attached hydrogen (secondary N) is 2. The number of aromatic amines is 1. The molecule has 2 fully saturated rings. The number of phosphoric acid groups is 2. The first kappa shape index (κ1) is 39.4. The van der Waals surface area contributed by atoms with Crippen LogP contribution in [0.2, 0.25) is 0 Å². The fourth-order valence-corrected chi connectivity index (χ4v) is 7.13. The van der Waals surface area contributed by atoms with Gasteiger partial charge >= 0.3 is 42.1 Å². The van der Waals surface area contributed by atoms with Gasteiger partial charge in [0, 0.05) is 19.2 Å². The van der Waals surface area contributed by atoms with Crippen molar-refractivity contribution < 1.29 is 96.2 Å². The molecule has 0 radical (unpaired) electrons. The number of ether oxygens (including phenoxy) is 2. The highest BCUT2D eigenvalue weighted by atomic mass is 32.3. The molecule has 270 valence electrons. The molecular formula is C17H27N3O23P2S2. The average molecular weight is 767 g/mol. The monoisotopic (exact) mass is 767 g/mol. The van der Waals surface area contributed by atoms with Crippen LogP contribution in [-0.2, 0) is 65.9 Å². The molecule has 47 heavy (non-hydrogen) atoms. The Bertz CT molecular complexity index is 1730. The van der Waals surface area contributed by atoms with Crippen LogP contribution in [0.25, 0.3) is 0 Å². The number of carbonyl (C=O) groups is 1. The van der Waals surface area contributed by atoms with E-state index in [1.54, 1.807) is 0 Å². The zero-order valence-electron chi connectivity index (χ0n) is 23.1. The number of aliphatic hydroxyl groups is 3. The Hall–Kier alpha value is -2.05. The number of hydrogen-bond acceptors (Lipinski definition) is 19. The lowest BCUT2D eigenvalue weighted by molar-refractivity contribution is -0.241. The zero-order chi connectivity index (χ0) is 35.7. The van der Waals surface area contributed by atoms with Gasteiger partial charge in [-0.05, 0) is 0 Å². The summed E-state index contributed by atoms with van der Waals surface area (Å²) in [7, 11) is -22.5. The van der Waals surface area contributed by atoms with Gasteiger partial charge < -0.3 is 39.9 Å². The van der Waals surface area contributed by atoms with E-state index in [2.05, 4.69) is 21.7 Å². The summed E-state index contributed by atoms with van der Waals surface area (Å²) in [5.41, 5.74) is -1.88. The number of amides is 1. The lowest BCUT2D eigenvalue weighted by atomic mass is 9.97. The molecule has 3 rings (SSSR count). The Morgan fingerprint density at radius 2 is 1.62 bits per heavy atom. The average Bonchev–Trinajstić information content (AvgIpc) is 3.17. The van der Waals surface area contributed by atoms with Gasteiger partial charge in [0.2, 0.25) is 5.91 Å². The lowest BCUT2D eigenvalue weighted by Gasteiger charge is -2.43. The van der Waals surface area contributed by atoms with Crippen LogP contribution in [0.1, 0.15) is 13.2 Å². The number of rotatable bonds is 14. The van der Waals surface area contributed by atoms with Gasteiger partial charge in [0.1, 0.15) is 42.7 Å². The lowest BCUT2D eigenvalue weighted by Crippen LogP contribution is -2.65. The van der Waals surface area contributed by atoms with Gasteiger partial charge in [0.15, 0.2) is 12.5 Å². The van der Waals surface area contributed by atoms with Crippen LogP contribution in [0.15, 0.2) is 21.9 Å². The summed E-state index contributed by atoms with van der Waals surface area (Å²) in [6.07, 6.45) is -15.8. The van der Waals surface area contributed by atoms with Crippen LogP contribution >= 0.6 is 15.6 Å². The van der Waals surface area contributed by atoms with Gasteiger partial charge in [0.05, 0.1) is 13.2 Å². The van der Waals surface area contributed by atoms with E-state index in [4.69, 9.17) is 18.6 Å². The summed E-state index contributed by atoms with van der Waals surface area (Å²) in [4.78, 5) is 57.0. The van der Waals surface area contributed by atoms with E-state index >= 15 is 0 Å². The number of aromatic nitrogens is 2. The molecule has 1 aromatic heterocycles. The maximum Gasteiger partial charge on any atom is 0.483 e. The highest BCUT2D eigenvalue weighted by Crippen LogP contribution is 2.61. The Balaban J connectivity index is 1.75. The van der Waals surface area contributed by atoms with Crippen molar-refractivity contribution in [1.29, 1.82) is 0 Å².